The number of urea groups is 1. The van der Waals surface area contributed by atoms with Gasteiger partial charge in [0.1, 0.15) is 11.6 Å². The summed E-state index contributed by atoms with van der Waals surface area (Å²) in [5.74, 6) is -2.58. The number of carbonyl (C=O) groups excluding carboxylic acids is 1. The maximum atomic E-state index is 13.2. The summed E-state index contributed by atoms with van der Waals surface area (Å²) in [6.07, 6.45) is 0.182. The Kier molecular flexibility index (Phi) is 5.23. The van der Waals surface area contributed by atoms with Gasteiger partial charge in [-0.1, -0.05) is 0 Å². The molecule has 0 saturated heterocycles. The molecule has 2 amide bonds. The quantitative estimate of drug-likeness (QED) is 0.769. The van der Waals surface area contributed by atoms with Crippen LogP contribution >= 0.6 is 0 Å². The van der Waals surface area contributed by atoms with Crippen molar-refractivity contribution < 1.29 is 23.5 Å². The average Bonchev–Trinajstić information content (AvgIpc) is 2.30. The molecule has 1 aromatic carbocycles. The lowest BCUT2D eigenvalue weighted by molar-refractivity contribution is -0.137. The summed E-state index contributed by atoms with van der Waals surface area (Å²) in [4.78, 5) is 21.8. The molecule has 0 fully saturated rings. The standard InChI is InChI=1S/C12H14F2N2O3/c1-7(2-5-11(17)18)15-12(19)16-10-4-3-8(13)6-9(10)14/h3-4,6-7H,2,5H2,1H3,(H,17,18)(H2,15,16,19). The number of carboxylic acid groups (broad SMARTS) is 1. The first kappa shape index (κ1) is 14.9. The third kappa shape index (κ3) is 5.33. The molecule has 1 atom stereocenters. The Morgan fingerprint density at radius 3 is 2.63 bits per heavy atom. The van der Waals surface area contributed by atoms with E-state index in [1.54, 1.807) is 6.92 Å². The molecule has 0 saturated carbocycles. The largest absolute Gasteiger partial charge is 0.481 e. The summed E-state index contributed by atoms with van der Waals surface area (Å²) in [5, 5.41) is 13.1. The molecule has 5 nitrogen and oxygen atoms in total. The van der Waals surface area contributed by atoms with Crippen LogP contribution in [-0.4, -0.2) is 23.1 Å². The highest BCUT2D eigenvalue weighted by molar-refractivity contribution is 5.89. The van der Waals surface area contributed by atoms with E-state index in [1.807, 2.05) is 0 Å². The predicted octanol–water partition coefficient (Wildman–Crippen LogP) is 2.34. The van der Waals surface area contributed by atoms with Crippen LogP contribution in [0.15, 0.2) is 18.2 Å². The fourth-order valence-electron chi connectivity index (χ4n) is 1.39. The Labute approximate surface area is 108 Å². The van der Waals surface area contributed by atoms with E-state index in [4.69, 9.17) is 5.11 Å². The fraction of sp³-hybridized carbons (Fsp3) is 0.333. The Balaban J connectivity index is 2.48. The summed E-state index contributed by atoms with van der Waals surface area (Å²) in [5.41, 5.74) is -0.149. The van der Waals surface area contributed by atoms with Crippen molar-refractivity contribution >= 4 is 17.7 Å². The van der Waals surface area contributed by atoms with Crippen molar-refractivity contribution in [3.63, 3.8) is 0 Å². The number of nitrogens with one attached hydrogen (secondary N) is 2. The first-order chi connectivity index (χ1) is 8.88. The first-order valence-corrected chi connectivity index (χ1v) is 5.63. The summed E-state index contributed by atoms with van der Waals surface area (Å²) in [7, 11) is 0. The van der Waals surface area contributed by atoms with Crippen molar-refractivity contribution in [3.05, 3.63) is 29.8 Å². The summed E-state index contributed by atoms with van der Waals surface area (Å²) < 4.78 is 25.9. The van der Waals surface area contributed by atoms with Gasteiger partial charge in [0, 0.05) is 18.5 Å². The normalized spacial score (nSPS) is 11.7. The Bertz CT molecular complexity index is 480. The molecule has 0 aliphatic carbocycles. The molecule has 0 bridgehead atoms. The Hall–Kier alpha value is -2.18. The molecule has 1 unspecified atom stereocenters. The van der Waals surface area contributed by atoms with E-state index < -0.39 is 23.6 Å². The molecule has 104 valence electrons. The molecule has 0 aromatic heterocycles. The van der Waals surface area contributed by atoms with Crippen LogP contribution in [0.2, 0.25) is 0 Å². The highest BCUT2D eigenvalue weighted by atomic mass is 19.1. The van der Waals surface area contributed by atoms with Crippen LogP contribution in [-0.2, 0) is 4.79 Å². The van der Waals surface area contributed by atoms with Crippen LogP contribution in [0.5, 0.6) is 0 Å². The fourth-order valence-corrected chi connectivity index (χ4v) is 1.39. The van der Waals surface area contributed by atoms with Gasteiger partial charge in [-0.25, -0.2) is 13.6 Å². The van der Waals surface area contributed by atoms with Crippen molar-refractivity contribution in [2.45, 2.75) is 25.8 Å². The lowest BCUT2D eigenvalue weighted by Gasteiger charge is -2.14. The minimum atomic E-state index is -0.960. The van der Waals surface area contributed by atoms with E-state index in [2.05, 4.69) is 10.6 Å². The van der Waals surface area contributed by atoms with Gasteiger partial charge in [0.15, 0.2) is 0 Å². The number of hydrogen-bond donors (Lipinski definition) is 3. The molecular formula is C12H14F2N2O3. The number of amides is 2. The van der Waals surface area contributed by atoms with Crippen LogP contribution in [0.3, 0.4) is 0 Å². The third-order valence-electron chi connectivity index (χ3n) is 2.35. The molecule has 0 aliphatic heterocycles. The van der Waals surface area contributed by atoms with Gasteiger partial charge < -0.3 is 15.7 Å². The highest BCUT2D eigenvalue weighted by Gasteiger charge is 2.11. The minimum absolute atomic E-state index is 0.0770. The minimum Gasteiger partial charge on any atom is -0.481 e. The smallest absolute Gasteiger partial charge is 0.319 e. The number of carboxylic acids is 1. The average molecular weight is 272 g/mol. The second-order valence-corrected chi connectivity index (χ2v) is 4.06. The van der Waals surface area contributed by atoms with E-state index in [0.717, 1.165) is 12.1 Å². The highest BCUT2D eigenvalue weighted by Crippen LogP contribution is 2.14. The van der Waals surface area contributed by atoms with Crippen LogP contribution in [0.1, 0.15) is 19.8 Å². The summed E-state index contributed by atoms with van der Waals surface area (Å²) >= 11 is 0. The topological polar surface area (TPSA) is 78.4 Å². The molecule has 0 radical (unpaired) electrons. The lowest BCUT2D eigenvalue weighted by atomic mass is 10.2. The van der Waals surface area contributed by atoms with E-state index in [-0.39, 0.29) is 24.6 Å². The Morgan fingerprint density at radius 1 is 1.37 bits per heavy atom. The number of halogens is 2. The summed E-state index contributed by atoms with van der Waals surface area (Å²) in [6, 6.07) is 1.73. The van der Waals surface area contributed by atoms with E-state index in [9.17, 15) is 18.4 Å². The molecule has 19 heavy (non-hydrogen) atoms. The number of rotatable bonds is 5. The number of hydrogen-bond acceptors (Lipinski definition) is 2. The van der Waals surface area contributed by atoms with Gasteiger partial charge in [-0.05, 0) is 25.5 Å². The van der Waals surface area contributed by atoms with Gasteiger partial charge in [-0.3, -0.25) is 4.79 Å². The zero-order valence-corrected chi connectivity index (χ0v) is 10.2. The number of anilines is 1. The van der Waals surface area contributed by atoms with Crippen molar-refractivity contribution in [2.24, 2.45) is 0 Å². The molecule has 0 heterocycles. The number of aliphatic carboxylic acids is 1. The van der Waals surface area contributed by atoms with Crippen LogP contribution in [0.25, 0.3) is 0 Å². The van der Waals surface area contributed by atoms with Crippen molar-refractivity contribution in [1.82, 2.24) is 5.32 Å². The maximum absolute atomic E-state index is 13.2. The van der Waals surface area contributed by atoms with Gasteiger partial charge in [-0.2, -0.15) is 0 Å². The van der Waals surface area contributed by atoms with Crippen molar-refractivity contribution in [3.8, 4) is 0 Å². The van der Waals surface area contributed by atoms with E-state index >= 15 is 0 Å². The zero-order valence-electron chi connectivity index (χ0n) is 10.2. The zero-order chi connectivity index (χ0) is 14.4. The van der Waals surface area contributed by atoms with E-state index in [0.29, 0.717) is 6.07 Å². The molecule has 7 heteroatoms. The van der Waals surface area contributed by atoms with Crippen LogP contribution in [0, 0.1) is 11.6 Å². The molecule has 3 N–H and O–H groups in total. The second-order valence-electron chi connectivity index (χ2n) is 4.06. The van der Waals surface area contributed by atoms with Crippen molar-refractivity contribution in [1.29, 1.82) is 0 Å². The maximum Gasteiger partial charge on any atom is 0.319 e. The third-order valence-corrected chi connectivity index (χ3v) is 2.35. The molecule has 0 aliphatic rings. The van der Waals surface area contributed by atoms with Crippen LogP contribution < -0.4 is 10.6 Å². The Morgan fingerprint density at radius 2 is 2.05 bits per heavy atom. The van der Waals surface area contributed by atoms with Crippen molar-refractivity contribution in [2.75, 3.05) is 5.32 Å². The lowest BCUT2D eigenvalue weighted by Crippen LogP contribution is -2.36. The SMILES string of the molecule is CC(CCC(=O)O)NC(=O)Nc1ccc(F)cc1F. The first-order valence-electron chi connectivity index (χ1n) is 5.63. The van der Waals surface area contributed by atoms with E-state index in [1.165, 1.54) is 0 Å². The second kappa shape index (κ2) is 6.67. The predicted molar refractivity (Wildman–Crippen MR) is 64.8 cm³/mol. The molecule has 0 spiro atoms. The summed E-state index contributed by atoms with van der Waals surface area (Å²) in [6.45, 7) is 1.63. The molecule has 1 rings (SSSR count). The van der Waals surface area contributed by atoms with Gasteiger partial charge >= 0.3 is 12.0 Å². The molecule has 1 aromatic rings. The number of carbonyl (C=O) groups is 2. The van der Waals surface area contributed by atoms with Gasteiger partial charge in [0.05, 0.1) is 5.69 Å². The number of benzene rings is 1. The monoisotopic (exact) mass is 272 g/mol. The van der Waals surface area contributed by atoms with Gasteiger partial charge in [0.2, 0.25) is 0 Å². The van der Waals surface area contributed by atoms with Gasteiger partial charge in [0.25, 0.3) is 0 Å². The molecular weight excluding hydrogens is 258 g/mol. The van der Waals surface area contributed by atoms with Crippen LogP contribution in [0.4, 0.5) is 19.3 Å². The van der Waals surface area contributed by atoms with Gasteiger partial charge in [-0.15, -0.1) is 0 Å².